The zero-order valence-electron chi connectivity index (χ0n) is 26.2. The topological polar surface area (TPSA) is 46.5 Å². The van der Waals surface area contributed by atoms with Gasteiger partial charge < -0.3 is 9.84 Å². The summed E-state index contributed by atoms with van der Waals surface area (Å²) < 4.78 is 92.4. The van der Waals surface area contributed by atoms with Crippen molar-refractivity contribution in [1.82, 2.24) is 0 Å². The number of carbonyl (C=O) groups is 1. The Bertz CT molecular complexity index is 1620. The van der Waals surface area contributed by atoms with Crippen LogP contribution < -0.4 is 4.74 Å². The molecule has 4 aromatic carbocycles. The number of carbonyl (C=O) groups excluding carboxylic acids is 1. The number of phenols is 1. The highest BCUT2D eigenvalue weighted by molar-refractivity contribution is 6.09. The molecule has 0 saturated heterocycles. The number of ketones is 1. The Morgan fingerprint density at radius 3 is 1.35 bits per heavy atom. The number of hydrogen-bond donors (Lipinski definition) is 1. The largest absolute Gasteiger partial charge is 0.508 e. The first kappa shape index (κ1) is 34.6. The Hall–Kier alpha value is -4.27. The van der Waals surface area contributed by atoms with Gasteiger partial charge in [-0.05, 0) is 78.6 Å². The molecule has 1 N–H and O–H groups in total. The zero-order valence-corrected chi connectivity index (χ0v) is 26.2. The lowest BCUT2D eigenvalue weighted by atomic mass is 9.73. The van der Waals surface area contributed by atoms with E-state index in [0.717, 1.165) is 49.2 Å². The van der Waals surface area contributed by atoms with Gasteiger partial charge in [-0.2, -0.15) is 26.3 Å². The van der Waals surface area contributed by atoms with E-state index in [1.807, 2.05) is 24.3 Å². The maximum Gasteiger partial charge on any atom is 0.411 e. The molecule has 0 bridgehead atoms. The Labute approximate surface area is 264 Å². The number of hydrogen-bond acceptors (Lipinski definition) is 3. The molecule has 0 unspecified atom stereocenters. The maximum absolute atomic E-state index is 14.4. The van der Waals surface area contributed by atoms with Gasteiger partial charge in [0.05, 0.1) is 0 Å². The standard InChI is InChI=1S/C37H36F6O3/c1-6-34(5,7-2)27-14-10-25(11-15-27)32(45)24-8-12-26(13-9-24)33(3,4)46-31-22-18-29(19-23-31)35(36(38,39)40,37(41,42)43)28-16-20-30(44)21-17-28/h8-23,44H,6-7H2,1-5H3. The van der Waals surface area contributed by atoms with Crippen molar-refractivity contribution >= 4 is 5.78 Å². The quantitative estimate of drug-likeness (QED) is 0.138. The van der Waals surface area contributed by atoms with Crippen LogP contribution in [0, 0.1) is 0 Å². The molecule has 0 aliphatic heterocycles. The van der Waals surface area contributed by atoms with E-state index >= 15 is 0 Å². The number of alkyl halides is 6. The lowest BCUT2D eigenvalue weighted by Crippen LogP contribution is -2.54. The third kappa shape index (κ3) is 6.37. The molecule has 9 heteroatoms. The van der Waals surface area contributed by atoms with Gasteiger partial charge in [0, 0.05) is 11.1 Å². The summed E-state index contributed by atoms with van der Waals surface area (Å²) in [5, 5.41) is 9.48. The lowest BCUT2D eigenvalue weighted by molar-refractivity contribution is -0.288. The van der Waals surface area contributed by atoms with Crippen LogP contribution in [0.5, 0.6) is 11.5 Å². The number of halogens is 6. The molecule has 0 aliphatic rings. The third-order valence-corrected chi connectivity index (χ3v) is 9.06. The Morgan fingerprint density at radius 2 is 0.957 bits per heavy atom. The number of ether oxygens (including phenoxy) is 1. The molecule has 0 fully saturated rings. The fourth-order valence-corrected chi connectivity index (χ4v) is 5.69. The molecule has 0 atom stereocenters. The molecule has 0 aliphatic carbocycles. The lowest BCUT2D eigenvalue weighted by Gasteiger charge is -2.38. The van der Waals surface area contributed by atoms with Gasteiger partial charge in [0.15, 0.2) is 5.78 Å². The second-order valence-corrected chi connectivity index (χ2v) is 12.2. The monoisotopic (exact) mass is 642 g/mol. The zero-order chi connectivity index (χ0) is 34.1. The molecule has 0 heterocycles. The Kier molecular flexibility index (Phi) is 9.40. The second kappa shape index (κ2) is 12.5. The Morgan fingerprint density at radius 1 is 0.587 bits per heavy atom. The molecule has 0 saturated carbocycles. The SMILES string of the molecule is CCC(C)(CC)c1ccc(C(=O)c2ccc(C(C)(C)Oc3ccc(C(c4ccc(O)cc4)(C(F)(F)F)C(F)(F)F)cc3)cc2)cc1. The third-order valence-electron chi connectivity index (χ3n) is 9.06. The summed E-state index contributed by atoms with van der Waals surface area (Å²) >= 11 is 0. The van der Waals surface area contributed by atoms with Gasteiger partial charge in [0.25, 0.3) is 0 Å². The van der Waals surface area contributed by atoms with Crippen LogP contribution in [0.2, 0.25) is 0 Å². The van der Waals surface area contributed by atoms with E-state index in [1.165, 1.54) is 5.56 Å². The fraction of sp³-hybridized carbons (Fsp3) is 0.324. The summed E-state index contributed by atoms with van der Waals surface area (Å²) in [5.41, 5.74) is -4.69. The first-order valence-electron chi connectivity index (χ1n) is 14.9. The predicted molar refractivity (Wildman–Crippen MR) is 165 cm³/mol. The van der Waals surface area contributed by atoms with E-state index in [1.54, 1.807) is 38.1 Å². The summed E-state index contributed by atoms with van der Waals surface area (Å²) in [5.74, 6) is -0.580. The summed E-state index contributed by atoms with van der Waals surface area (Å²) in [4.78, 5) is 13.2. The van der Waals surface area contributed by atoms with Gasteiger partial charge in [-0.1, -0.05) is 93.6 Å². The number of aromatic hydroxyl groups is 1. The molecule has 4 aromatic rings. The number of benzene rings is 4. The highest BCUT2D eigenvalue weighted by Crippen LogP contribution is 2.56. The summed E-state index contributed by atoms with van der Waals surface area (Å²) in [7, 11) is 0. The molecule has 0 radical (unpaired) electrons. The van der Waals surface area contributed by atoms with Crippen molar-refractivity contribution < 1.29 is 41.0 Å². The first-order chi connectivity index (χ1) is 21.4. The van der Waals surface area contributed by atoms with Gasteiger partial charge in [-0.25, -0.2) is 0 Å². The minimum atomic E-state index is -5.75. The molecular formula is C37H36F6O3. The highest BCUT2D eigenvalue weighted by Gasteiger charge is 2.72. The predicted octanol–water partition coefficient (Wildman–Crippen LogP) is 10.4. The Balaban J connectivity index is 1.57. The molecule has 244 valence electrons. The van der Waals surface area contributed by atoms with Crippen LogP contribution in [-0.4, -0.2) is 23.2 Å². The number of rotatable bonds is 10. The van der Waals surface area contributed by atoms with Crippen molar-refractivity contribution in [1.29, 1.82) is 0 Å². The summed E-state index contributed by atoms with van der Waals surface area (Å²) in [6.07, 6.45) is -9.56. The van der Waals surface area contributed by atoms with Crippen LogP contribution in [0.25, 0.3) is 0 Å². The van der Waals surface area contributed by atoms with Crippen LogP contribution in [0.4, 0.5) is 26.3 Å². The fourth-order valence-electron chi connectivity index (χ4n) is 5.69. The second-order valence-electron chi connectivity index (χ2n) is 12.2. The van der Waals surface area contributed by atoms with Gasteiger partial charge in [0.1, 0.15) is 17.1 Å². The van der Waals surface area contributed by atoms with Gasteiger partial charge in [-0.3, -0.25) is 4.79 Å². The van der Waals surface area contributed by atoms with Gasteiger partial charge >= 0.3 is 12.4 Å². The molecule has 0 spiro atoms. The first-order valence-corrected chi connectivity index (χ1v) is 14.9. The van der Waals surface area contributed by atoms with Crippen molar-refractivity contribution in [2.45, 2.75) is 76.2 Å². The molecule has 0 aromatic heterocycles. The highest BCUT2D eigenvalue weighted by atomic mass is 19.4. The van der Waals surface area contributed by atoms with E-state index in [4.69, 9.17) is 4.74 Å². The average molecular weight is 643 g/mol. The van der Waals surface area contributed by atoms with Crippen LogP contribution in [0.15, 0.2) is 97.1 Å². The van der Waals surface area contributed by atoms with Crippen molar-refractivity contribution in [2.24, 2.45) is 0 Å². The van der Waals surface area contributed by atoms with Crippen molar-refractivity contribution in [3.8, 4) is 11.5 Å². The minimum absolute atomic E-state index is 0.0294. The van der Waals surface area contributed by atoms with Crippen molar-refractivity contribution in [2.75, 3.05) is 0 Å². The van der Waals surface area contributed by atoms with Crippen molar-refractivity contribution in [3.05, 3.63) is 130 Å². The van der Waals surface area contributed by atoms with E-state index in [0.29, 0.717) is 28.8 Å². The average Bonchev–Trinajstić information content (AvgIpc) is 3.01. The van der Waals surface area contributed by atoms with Crippen molar-refractivity contribution in [3.63, 3.8) is 0 Å². The summed E-state index contributed by atoms with van der Waals surface area (Å²) in [6, 6.07) is 20.7. The number of phenolic OH excluding ortho intramolecular Hbond substituents is 1. The minimum Gasteiger partial charge on any atom is -0.508 e. The maximum atomic E-state index is 14.4. The van der Waals surface area contributed by atoms with E-state index in [9.17, 15) is 36.2 Å². The van der Waals surface area contributed by atoms with Gasteiger partial charge in [0.2, 0.25) is 5.41 Å². The molecule has 0 amide bonds. The smallest absolute Gasteiger partial charge is 0.411 e. The molecular weight excluding hydrogens is 606 g/mol. The van der Waals surface area contributed by atoms with E-state index in [2.05, 4.69) is 20.8 Å². The van der Waals surface area contributed by atoms with Crippen LogP contribution >= 0.6 is 0 Å². The van der Waals surface area contributed by atoms with Gasteiger partial charge in [-0.15, -0.1) is 0 Å². The molecule has 3 nitrogen and oxygen atoms in total. The van der Waals surface area contributed by atoms with E-state index in [-0.39, 0.29) is 16.9 Å². The molecule has 4 rings (SSSR count). The summed E-state index contributed by atoms with van der Waals surface area (Å²) in [6.45, 7) is 9.85. The van der Waals surface area contributed by atoms with Crippen LogP contribution in [-0.2, 0) is 16.4 Å². The van der Waals surface area contributed by atoms with E-state index < -0.39 is 40.2 Å². The van der Waals surface area contributed by atoms with Crippen LogP contribution in [0.3, 0.4) is 0 Å². The molecule has 46 heavy (non-hydrogen) atoms. The normalized spacial score (nSPS) is 13.0. The van der Waals surface area contributed by atoms with Crippen LogP contribution in [0.1, 0.15) is 85.6 Å².